The van der Waals surface area contributed by atoms with E-state index in [1.807, 2.05) is 6.07 Å². The Morgan fingerprint density at radius 2 is 2.15 bits per heavy atom. The lowest BCUT2D eigenvalue weighted by atomic mass is 9.98. The van der Waals surface area contributed by atoms with Gasteiger partial charge in [0, 0.05) is 38.3 Å². The molecule has 1 saturated heterocycles. The second kappa shape index (κ2) is 6.14. The summed E-state index contributed by atoms with van der Waals surface area (Å²) >= 11 is 3.60. The van der Waals surface area contributed by atoms with E-state index in [0.717, 1.165) is 36.5 Å². The number of rotatable bonds is 4. The standard InChI is InChI=1S/C15H20BrN3O/c1-20-11-12-5-8-18(9-6-12)15-13(10-16)19-7-3-2-4-14(19)17-15/h2-4,7,12H,5-6,8-11H2,1H3. The highest BCUT2D eigenvalue weighted by atomic mass is 79.9. The van der Waals surface area contributed by atoms with Gasteiger partial charge in [0.05, 0.1) is 5.69 Å². The molecular formula is C15H20BrN3O. The Morgan fingerprint density at radius 1 is 1.35 bits per heavy atom. The molecule has 0 spiro atoms. The number of nitrogens with zero attached hydrogens (tertiary/aromatic N) is 3. The first-order valence-electron chi connectivity index (χ1n) is 7.09. The zero-order chi connectivity index (χ0) is 13.9. The molecule has 0 unspecified atom stereocenters. The third-order valence-electron chi connectivity index (χ3n) is 4.05. The zero-order valence-electron chi connectivity index (χ0n) is 11.8. The second-order valence-electron chi connectivity index (χ2n) is 5.33. The van der Waals surface area contributed by atoms with Gasteiger partial charge in [-0.05, 0) is 30.9 Å². The molecule has 0 atom stereocenters. The zero-order valence-corrected chi connectivity index (χ0v) is 13.3. The van der Waals surface area contributed by atoms with E-state index in [-0.39, 0.29) is 0 Å². The molecule has 0 aliphatic carbocycles. The van der Waals surface area contributed by atoms with E-state index in [2.05, 4.69) is 43.6 Å². The quantitative estimate of drug-likeness (QED) is 0.803. The third kappa shape index (κ3) is 2.56. The van der Waals surface area contributed by atoms with Gasteiger partial charge < -0.3 is 14.0 Å². The smallest absolute Gasteiger partial charge is 0.152 e. The van der Waals surface area contributed by atoms with Crippen molar-refractivity contribution in [1.29, 1.82) is 0 Å². The molecule has 1 aliphatic heterocycles. The molecular weight excluding hydrogens is 318 g/mol. The van der Waals surface area contributed by atoms with Crippen LogP contribution in [-0.4, -0.2) is 36.2 Å². The maximum absolute atomic E-state index is 5.27. The van der Waals surface area contributed by atoms with Crippen molar-refractivity contribution in [2.75, 3.05) is 31.7 Å². The minimum atomic E-state index is 0.695. The molecule has 1 fully saturated rings. The van der Waals surface area contributed by atoms with Gasteiger partial charge in [-0.25, -0.2) is 4.98 Å². The van der Waals surface area contributed by atoms with E-state index in [1.54, 1.807) is 7.11 Å². The monoisotopic (exact) mass is 337 g/mol. The van der Waals surface area contributed by atoms with Crippen molar-refractivity contribution < 1.29 is 4.74 Å². The van der Waals surface area contributed by atoms with Crippen LogP contribution in [0.3, 0.4) is 0 Å². The van der Waals surface area contributed by atoms with Crippen LogP contribution in [0.2, 0.25) is 0 Å². The predicted molar refractivity (Wildman–Crippen MR) is 84.6 cm³/mol. The molecule has 0 radical (unpaired) electrons. The fraction of sp³-hybridized carbons (Fsp3) is 0.533. The van der Waals surface area contributed by atoms with Crippen molar-refractivity contribution >= 4 is 27.4 Å². The van der Waals surface area contributed by atoms with E-state index in [0.29, 0.717) is 5.92 Å². The number of pyridine rings is 1. The Hall–Kier alpha value is -1.07. The van der Waals surface area contributed by atoms with E-state index in [4.69, 9.17) is 9.72 Å². The van der Waals surface area contributed by atoms with Crippen molar-refractivity contribution in [3.63, 3.8) is 0 Å². The Kier molecular flexibility index (Phi) is 4.27. The van der Waals surface area contributed by atoms with Gasteiger partial charge in [-0.3, -0.25) is 0 Å². The van der Waals surface area contributed by atoms with Crippen molar-refractivity contribution in [2.45, 2.75) is 18.2 Å². The van der Waals surface area contributed by atoms with Crippen LogP contribution in [0.1, 0.15) is 18.5 Å². The largest absolute Gasteiger partial charge is 0.384 e. The summed E-state index contributed by atoms with van der Waals surface area (Å²) < 4.78 is 7.44. The highest BCUT2D eigenvalue weighted by molar-refractivity contribution is 9.08. The van der Waals surface area contributed by atoms with Crippen molar-refractivity contribution in [1.82, 2.24) is 9.38 Å². The summed E-state index contributed by atoms with van der Waals surface area (Å²) in [6.45, 7) is 3.01. The van der Waals surface area contributed by atoms with Crippen LogP contribution < -0.4 is 4.90 Å². The van der Waals surface area contributed by atoms with Crippen LogP contribution >= 0.6 is 15.9 Å². The van der Waals surface area contributed by atoms with Gasteiger partial charge in [0.1, 0.15) is 5.65 Å². The van der Waals surface area contributed by atoms with Crippen LogP contribution in [-0.2, 0) is 10.1 Å². The molecule has 3 rings (SSSR count). The summed E-state index contributed by atoms with van der Waals surface area (Å²) in [5.74, 6) is 1.82. The van der Waals surface area contributed by atoms with Crippen LogP contribution in [0, 0.1) is 5.92 Å². The van der Waals surface area contributed by atoms with E-state index in [1.165, 1.54) is 18.5 Å². The third-order valence-corrected chi connectivity index (χ3v) is 4.58. The van der Waals surface area contributed by atoms with E-state index in [9.17, 15) is 0 Å². The Bertz CT molecular complexity index is 576. The Labute approximate surface area is 127 Å². The molecule has 2 aromatic rings. The number of aromatic nitrogens is 2. The second-order valence-corrected chi connectivity index (χ2v) is 5.89. The minimum Gasteiger partial charge on any atom is -0.384 e. The number of hydrogen-bond donors (Lipinski definition) is 0. The van der Waals surface area contributed by atoms with Gasteiger partial charge >= 0.3 is 0 Å². The summed E-state index contributed by atoms with van der Waals surface area (Å²) in [6, 6.07) is 6.15. The lowest BCUT2D eigenvalue weighted by Crippen LogP contribution is -2.35. The van der Waals surface area contributed by atoms with E-state index >= 15 is 0 Å². The molecule has 0 aromatic carbocycles. The van der Waals surface area contributed by atoms with Gasteiger partial charge in [0.15, 0.2) is 5.82 Å². The Morgan fingerprint density at radius 3 is 2.85 bits per heavy atom. The molecule has 0 saturated carbocycles. The van der Waals surface area contributed by atoms with Gasteiger partial charge in [-0.2, -0.15) is 0 Å². The van der Waals surface area contributed by atoms with Crippen LogP contribution in [0.4, 0.5) is 5.82 Å². The highest BCUT2D eigenvalue weighted by Gasteiger charge is 2.23. The number of ether oxygens (including phenoxy) is 1. The molecule has 4 nitrogen and oxygen atoms in total. The van der Waals surface area contributed by atoms with Crippen LogP contribution in [0.5, 0.6) is 0 Å². The Balaban J connectivity index is 1.84. The van der Waals surface area contributed by atoms with Crippen molar-refractivity contribution in [2.24, 2.45) is 5.92 Å². The molecule has 1 aliphatic rings. The van der Waals surface area contributed by atoms with Crippen LogP contribution in [0.25, 0.3) is 5.65 Å². The number of piperidine rings is 1. The fourth-order valence-electron chi connectivity index (χ4n) is 2.96. The summed E-state index contributed by atoms with van der Waals surface area (Å²) in [6.07, 6.45) is 4.45. The fourth-order valence-corrected chi connectivity index (χ4v) is 3.48. The molecule has 2 aromatic heterocycles. The average Bonchev–Trinajstić information content (AvgIpc) is 2.87. The number of halogens is 1. The number of anilines is 1. The molecule has 3 heterocycles. The van der Waals surface area contributed by atoms with Gasteiger partial charge in [-0.15, -0.1) is 0 Å². The first kappa shape index (κ1) is 13.9. The number of alkyl halides is 1. The minimum absolute atomic E-state index is 0.695. The van der Waals surface area contributed by atoms with Crippen LogP contribution in [0.15, 0.2) is 24.4 Å². The first-order chi connectivity index (χ1) is 9.83. The molecule has 0 bridgehead atoms. The molecule has 5 heteroatoms. The molecule has 108 valence electrons. The number of fused-ring (bicyclic) bond motifs is 1. The normalized spacial score (nSPS) is 17.0. The SMILES string of the molecule is COCC1CCN(c2nc3ccccn3c2CBr)CC1. The summed E-state index contributed by atoms with van der Waals surface area (Å²) in [4.78, 5) is 7.22. The topological polar surface area (TPSA) is 29.8 Å². The first-order valence-corrected chi connectivity index (χ1v) is 8.21. The van der Waals surface area contributed by atoms with Gasteiger partial charge in [-0.1, -0.05) is 22.0 Å². The van der Waals surface area contributed by atoms with Crippen molar-refractivity contribution in [3.05, 3.63) is 30.1 Å². The van der Waals surface area contributed by atoms with Gasteiger partial charge in [0.25, 0.3) is 0 Å². The number of hydrogen-bond acceptors (Lipinski definition) is 3. The van der Waals surface area contributed by atoms with Crippen molar-refractivity contribution in [3.8, 4) is 0 Å². The predicted octanol–water partition coefficient (Wildman–Crippen LogP) is 3.09. The summed E-state index contributed by atoms with van der Waals surface area (Å²) in [7, 11) is 1.79. The number of imidazole rings is 1. The summed E-state index contributed by atoms with van der Waals surface area (Å²) in [5, 5.41) is 0.825. The van der Waals surface area contributed by atoms with E-state index < -0.39 is 0 Å². The lowest BCUT2D eigenvalue weighted by Gasteiger charge is -2.32. The lowest BCUT2D eigenvalue weighted by molar-refractivity contribution is 0.139. The van der Waals surface area contributed by atoms with Gasteiger partial charge in [0.2, 0.25) is 0 Å². The number of methoxy groups -OCH3 is 1. The average molecular weight is 338 g/mol. The highest BCUT2D eigenvalue weighted by Crippen LogP contribution is 2.28. The molecule has 0 amide bonds. The maximum atomic E-state index is 5.27. The molecule has 20 heavy (non-hydrogen) atoms. The maximum Gasteiger partial charge on any atom is 0.152 e. The molecule has 0 N–H and O–H groups in total. The summed E-state index contributed by atoms with van der Waals surface area (Å²) in [5.41, 5.74) is 2.27.